The Hall–Kier alpha value is -8.59. The number of phenolic OH excluding ortho intramolecular Hbond substituents is 5. The van der Waals surface area contributed by atoms with E-state index in [9.17, 15) is 49.5 Å². The van der Waals surface area contributed by atoms with Crippen molar-refractivity contribution < 1.29 is 102 Å². The van der Waals surface area contributed by atoms with Crippen LogP contribution in [0.5, 0.6) is 57.5 Å². The van der Waals surface area contributed by atoms with Gasteiger partial charge in [0.05, 0.1) is 63.4 Å². The van der Waals surface area contributed by atoms with Gasteiger partial charge in [0.25, 0.3) is 0 Å². The van der Waals surface area contributed by atoms with Crippen LogP contribution in [0, 0.1) is 0 Å². The third kappa shape index (κ3) is 10.9. The third-order valence-electron chi connectivity index (χ3n) is 10.00. The van der Waals surface area contributed by atoms with Crippen LogP contribution in [0.15, 0.2) is 91.0 Å². The molecule has 5 aromatic rings. The second kappa shape index (κ2) is 20.9. The number of phenols is 5. The van der Waals surface area contributed by atoms with Gasteiger partial charge in [-0.2, -0.15) is 0 Å². The van der Waals surface area contributed by atoms with Gasteiger partial charge in [-0.15, -0.1) is 0 Å². The molecule has 1 aliphatic rings. The van der Waals surface area contributed by atoms with Gasteiger partial charge < -0.3 is 77.6 Å². The van der Waals surface area contributed by atoms with E-state index in [1.165, 1.54) is 96.2 Å². The standard InChI is InChI=1S/C46H42O21/c1-57-32-11-6-22(16-27(32)47)41(52)62-21-37-38(64-42(53)23-7-12-33(58-2)28(48)17-23)39(65-43(54)24-8-13-34(59-3)29(49)18-24)40(66-44(55)25-9-14-35(60-4)30(50)19-25)46(63-37)67-45(56)26-10-15-36(61-5)31(51)20-26/h6-20,37-40,46-51H,21H2,1-5H3/t37-,38-,39+,40-,46-/m1/s1. The second-order valence-corrected chi connectivity index (χ2v) is 14.1. The summed E-state index contributed by atoms with van der Waals surface area (Å²) >= 11 is 0. The van der Waals surface area contributed by atoms with Crippen LogP contribution in [0.4, 0.5) is 0 Å². The Morgan fingerprint density at radius 1 is 0.403 bits per heavy atom. The van der Waals surface area contributed by atoms with Gasteiger partial charge >= 0.3 is 29.8 Å². The SMILES string of the molecule is COc1ccc(C(=O)OC[C@H]2O[C@H](OC(=O)c3ccc(OC)c(O)c3)[C@H](OC(=O)c3ccc(OC)c(O)c3)[C@@H](OC(=O)c3ccc(OC)c(O)c3)[C@@H]2OC(=O)c2ccc(OC)c(O)c2)cc1O. The summed E-state index contributed by atoms with van der Waals surface area (Å²) in [5.41, 5.74) is -1.46. The van der Waals surface area contributed by atoms with Gasteiger partial charge in [0.15, 0.2) is 69.7 Å². The van der Waals surface area contributed by atoms with Gasteiger partial charge in [0.2, 0.25) is 12.4 Å². The number of methoxy groups -OCH3 is 5. The zero-order chi connectivity index (χ0) is 48.5. The van der Waals surface area contributed by atoms with Crippen LogP contribution in [0.2, 0.25) is 0 Å². The molecule has 5 atom stereocenters. The molecule has 0 unspecified atom stereocenters. The number of rotatable bonds is 16. The van der Waals surface area contributed by atoms with E-state index in [0.29, 0.717) is 0 Å². The van der Waals surface area contributed by atoms with Crippen molar-refractivity contribution in [3.63, 3.8) is 0 Å². The maximum absolute atomic E-state index is 14.1. The van der Waals surface area contributed by atoms with Gasteiger partial charge in [-0.25, -0.2) is 24.0 Å². The molecular weight excluding hydrogens is 888 g/mol. The van der Waals surface area contributed by atoms with Crippen molar-refractivity contribution in [2.24, 2.45) is 0 Å². The van der Waals surface area contributed by atoms with E-state index in [0.717, 1.165) is 30.3 Å². The highest BCUT2D eigenvalue weighted by molar-refractivity contribution is 5.93. The van der Waals surface area contributed by atoms with Crippen molar-refractivity contribution in [1.82, 2.24) is 0 Å². The third-order valence-corrected chi connectivity index (χ3v) is 10.00. The van der Waals surface area contributed by atoms with Crippen LogP contribution in [-0.4, -0.2) is 128 Å². The molecule has 1 saturated heterocycles. The summed E-state index contributed by atoms with van der Waals surface area (Å²) in [7, 11) is 6.34. The summed E-state index contributed by atoms with van der Waals surface area (Å²) in [4.78, 5) is 69.5. The average molecular weight is 931 g/mol. The van der Waals surface area contributed by atoms with Crippen LogP contribution >= 0.6 is 0 Å². The summed E-state index contributed by atoms with van der Waals surface area (Å²) in [5, 5.41) is 52.5. The van der Waals surface area contributed by atoms with E-state index in [2.05, 4.69) is 0 Å². The van der Waals surface area contributed by atoms with E-state index in [-0.39, 0.29) is 56.6 Å². The predicted molar refractivity (Wildman–Crippen MR) is 225 cm³/mol. The van der Waals surface area contributed by atoms with Crippen molar-refractivity contribution in [3.05, 3.63) is 119 Å². The number of hydrogen-bond donors (Lipinski definition) is 5. The van der Waals surface area contributed by atoms with Crippen LogP contribution in [0.1, 0.15) is 51.8 Å². The fraction of sp³-hybridized carbons (Fsp3) is 0.239. The molecule has 6 rings (SSSR count). The Labute approximate surface area is 380 Å². The second-order valence-electron chi connectivity index (χ2n) is 14.1. The Balaban J connectivity index is 1.49. The highest BCUT2D eigenvalue weighted by atomic mass is 16.7. The van der Waals surface area contributed by atoms with E-state index in [4.69, 9.17) is 52.1 Å². The van der Waals surface area contributed by atoms with Crippen molar-refractivity contribution in [3.8, 4) is 57.5 Å². The van der Waals surface area contributed by atoms with Crippen LogP contribution in [0.25, 0.3) is 0 Å². The molecule has 0 saturated carbocycles. The molecule has 0 amide bonds. The lowest BCUT2D eigenvalue weighted by Gasteiger charge is -2.43. The predicted octanol–water partition coefficient (Wildman–Crippen LogP) is 4.67. The Morgan fingerprint density at radius 3 is 1.00 bits per heavy atom. The summed E-state index contributed by atoms with van der Waals surface area (Å²) < 4.78 is 60.5. The number of benzene rings is 5. The van der Waals surface area contributed by atoms with Crippen molar-refractivity contribution in [1.29, 1.82) is 0 Å². The Morgan fingerprint density at radius 2 is 0.687 bits per heavy atom. The lowest BCUT2D eigenvalue weighted by Crippen LogP contribution is -2.63. The van der Waals surface area contributed by atoms with Gasteiger partial charge in [0, 0.05) is 0 Å². The zero-order valence-corrected chi connectivity index (χ0v) is 36.0. The summed E-state index contributed by atoms with van der Waals surface area (Å²) in [6, 6.07) is 17.2. The highest BCUT2D eigenvalue weighted by Gasteiger charge is 2.55. The minimum absolute atomic E-state index is 0.0153. The van der Waals surface area contributed by atoms with Crippen LogP contribution in [-0.2, 0) is 28.4 Å². The maximum Gasteiger partial charge on any atom is 0.340 e. The largest absolute Gasteiger partial charge is 0.504 e. The van der Waals surface area contributed by atoms with Gasteiger partial charge in [-0.1, -0.05) is 0 Å². The number of carbonyl (C=O) groups is 5. The monoisotopic (exact) mass is 930 g/mol. The molecule has 0 spiro atoms. The van der Waals surface area contributed by atoms with Crippen molar-refractivity contribution in [2.75, 3.05) is 42.2 Å². The number of hydrogen-bond acceptors (Lipinski definition) is 21. The first-order valence-corrected chi connectivity index (χ1v) is 19.6. The van der Waals surface area contributed by atoms with Gasteiger partial charge in [-0.3, -0.25) is 0 Å². The van der Waals surface area contributed by atoms with Crippen molar-refractivity contribution in [2.45, 2.75) is 30.7 Å². The Kier molecular flexibility index (Phi) is 15.0. The molecule has 5 N–H and O–H groups in total. The average Bonchev–Trinajstić information content (AvgIpc) is 3.32. The Bertz CT molecular complexity index is 2660. The lowest BCUT2D eigenvalue weighted by molar-refractivity contribution is -0.282. The molecular formula is C46H42O21. The molecule has 1 heterocycles. The van der Waals surface area contributed by atoms with Crippen LogP contribution < -0.4 is 23.7 Å². The first kappa shape index (κ1) is 47.9. The lowest BCUT2D eigenvalue weighted by atomic mass is 9.97. The van der Waals surface area contributed by atoms with Gasteiger partial charge in [0.1, 0.15) is 12.7 Å². The molecule has 21 nitrogen and oxygen atoms in total. The molecule has 5 aromatic carbocycles. The fourth-order valence-electron chi connectivity index (χ4n) is 6.58. The fourth-order valence-corrected chi connectivity index (χ4v) is 6.58. The van der Waals surface area contributed by atoms with Gasteiger partial charge in [-0.05, 0) is 91.0 Å². The van der Waals surface area contributed by atoms with E-state index in [1.54, 1.807) is 0 Å². The van der Waals surface area contributed by atoms with E-state index >= 15 is 0 Å². The number of ether oxygens (including phenoxy) is 11. The molecule has 1 aliphatic heterocycles. The van der Waals surface area contributed by atoms with E-state index < -0.39 is 95.9 Å². The molecule has 67 heavy (non-hydrogen) atoms. The number of carbonyl (C=O) groups excluding carboxylic acids is 5. The smallest absolute Gasteiger partial charge is 0.340 e. The minimum atomic E-state index is -2.16. The summed E-state index contributed by atoms with van der Waals surface area (Å²) in [6.45, 7) is -0.904. The maximum atomic E-state index is 14.1. The number of aromatic hydroxyl groups is 5. The highest BCUT2D eigenvalue weighted by Crippen LogP contribution is 2.36. The molecule has 21 heteroatoms. The minimum Gasteiger partial charge on any atom is -0.504 e. The summed E-state index contributed by atoms with van der Waals surface area (Å²) in [5.74, 6) is -8.51. The van der Waals surface area contributed by atoms with E-state index in [1.807, 2.05) is 0 Å². The molecule has 0 radical (unpaired) electrons. The molecule has 0 bridgehead atoms. The quantitative estimate of drug-likeness (QED) is 0.0663. The van der Waals surface area contributed by atoms with Crippen molar-refractivity contribution >= 4 is 29.8 Å². The topological polar surface area (TPSA) is 288 Å². The summed E-state index contributed by atoms with van der Waals surface area (Å²) in [6.07, 6.45) is -10.2. The zero-order valence-electron chi connectivity index (χ0n) is 36.0. The molecule has 0 aliphatic carbocycles. The number of esters is 5. The molecule has 0 aromatic heterocycles. The first-order valence-electron chi connectivity index (χ1n) is 19.6. The normalized spacial score (nSPS) is 17.5. The van der Waals surface area contributed by atoms with Crippen LogP contribution in [0.3, 0.4) is 0 Å². The first-order chi connectivity index (χ1) is 32.1. The molecule has 1 fully saturated rings. The molecule has 352 valence electrons.